The van der Waals surface area contributed by atoms with Crippen LogP contribution in [-0.4, -0.2) is 21.4 Å². The highest BCUT2D eigenvalue weighted by Gasteiger charge is 2.21. The van der Waals surface area contributed by atoms with Gasteiger partial charge in [0.15, 0.2) is 0 Å². The highest BCUT2D eigenvalue weighted by Crippen LogP contribution is 2.24. The van der Waals surface area contributed by atoms with Gasteiger partial charge in [0, 0.05) is 35.3 Å². The highest BCUT2D eigenvalue weighted by molar-refractivity contribution is 6.30. The van der Waals surface area contributed by atoms with Crippen LogP contribution in [-0.2, 0) is 13.5 Å². The number of hydrogen-bond acceptors (Lipinski definition) is 2. The molecule has 1 N–H and O–H groups in total. The molecule has 28 heavy (non-hydrogen) atoms. The number of carboxylic acid groups (broad SMARTS) is 1. The van der Waals surface area contributed by atoms with Gasteiger partial charge in [0.1, 0.15) is 11.6 Å². The summed E-state index contributed by atoms with van der Waals surface area (Å²) in [5.41, 5.74) is 1.33. The summed E-state index contributed by atoms with van der Waals surface area (Å²) in [6.07, 6.45) is -0.122. The first-order valence-corrected chi connectivity index (χ1v) is 8.73. The Hall–Kier alpha value is -2.99. The minimum Gasteiger partial charge on any atom is -0.478 e. The Morgan fingerprint density at radius 1 is 1.04 bits per heavy atom. The molecule has 0 atom stereocenters. The first-order valence-electron chi connectivity index (χ1n) is 8.35. The molecule has 0 aliphatic rings. The van der Waals surface area contributed by atoms with Crippen molar-refractivity contribution in [3.63, 3.8) is 0 Å². The molecule has 0 fully saturated rings. The van der Waals surface area contributed by atoms with Crippen molar-refractivity contribution in [3.05, 3.63) is 92.8 Å². The van der Waals surface area contributed by atoms with Gasteiger partial charge in [-0.05, 0) is 55.0 Å². The van der Waals surface area contributed by atoms with E-state index in [4.69, 9.17) is 16.7 Å². The van der Waals surface area contributed by atoms with Crippen LogP contribution in [0.25, 0.3) is 0 Å². The lowest BCUT2D eigenvalue weighted by molar-refractivity contribution is 0.0695. The molecule has 1 heterocycles. The fourth-order valence-corrected chi connectivity index (χ4v) is 3.26. The molecule has 4 nitrogen and oxygen atoms in total. The van der Waals surface area contributed by atoms with E-state index >= 15 is 0 Å². The Kier molecular flexibility index (Phi) is 5.34. The van der Waals surface area contributed by atoms with Gasteiger partial charge in [-0.2, -0.15) is 0 Å². The Morgan fingerprint density at radius 3 is 2.14 bits per heavy atom. The van der Waals surface area contributed by atoms with Crippen LogP contribution < -0.4 is 0 Å². The zero-order valence-electron chi connectivity index (χ0n) is 15.1. The third-order valence-electron chi connectivity index (χ3n) is 4.59. The molecule has 3 aromatic rings. The number of aromatic nitrogens is 1. The predicted octanol–water partition coefficient (Wildman–Crippen LogP) is 4.79. The summed E-state index contributed by atoms with van der Waals surface area (Å²) < 4.78 is 30.1. The van der Waals surface area contributed by atoms with E-state index in [9.17, 15) is 18.4 Å². The second-order valence-electron chi connectivity index (χ2n) is 6.46. The molecule has 0 saturated heterocycles. The fourth-order valence-electron chi connectivity index (χ4n) is 3.14. The molecule has 2 aromatic carbocycles. The van der Waals surface area contributed by atoms with Crippen molar-refractivity contribution < 1.29 is 23.5 Å². The van der Waals surface area contributed by atoms with Gasteiger partial charge in [-0.1, -0.05) is 11.6 Å². The van der Waals surface area contributed by atoms with E-state index in [-0.39, 0.29) is 17.8 Å². The third kappa shape index (κ3) is 3.68. The minimum absolute atomic E-state index is 0.122. The first kappa shape index (κ1) is 19.8. The summed E-state index contributed by atoms with van der Waals surface area (Å²) in [5, 5.41) is 9.41. The van der Waals surface area contributed by atoms with Crippen LogP contribution in [0.4, 0.5) is 8.78 Å². The third-order valence-corrected chi connectivity index (χ3v) is 4.84. The molecule has 0 aliphatic heterocycles. The number of benzene rings is 2. The maximum absolute atomic E-state index is 14.3. The van der Waals surface area contributed by atoms with Gasteiger partial charge in [-0.25, -0.2) is 13.6 Å². The van der Waals surface area contributed by atoms with Crippen molar-refractivity contribution >= 4 is 23.4 Å². The van der Waals surface area contributed by atoms with Crippen molar-refractivity contribution in [2.24, 2.45) is 7.05 Å². The van der Waals surface area contributed by atoms with Gasteiger partial charge in [0.25, 0.3) is 0 Å². The smallest absolute Gasteiger partial charge is 0.335 e. The summed E-state index contributed by atoms with van der Waals surface area (Å²) in [5.74, 6) is -3.52. The number of rotatable bonds is 5. The predicted molar refractivity (Wildman–Crippen MR) is 101 cm³/mol. The number of hydrogen-bond donors (Lipinski definition) is 1. The number of ketones is 1. The van der Waals surface area contributed by atoms with E-state index in [0.717, 1.165) is 12.1 Å². The highest BCUT2D eigenvalue weighted by atomic mass is 35.5. The number of carbonyl (C=O) groups excluding carboxylic acids is 1. The number of carbonyl (C=O) groups is 2. The minimum atomic E-state index is -1.41. The van der Waals surface area contributed by atoms with E-state index < -0.39 is 23.2 Å². The van der Waals surface area contributed by atoms with Gasteiger partial charge in [-0.15, -0.1) is 0 Å². The van der Waals surface area contributed by atoms with Crippen molar-refractivity contribution in [1.82, 2.24) is 4.57 Å². The Balaban J connectivity index is 1.98. The maximum Gasteiger partial charge on any atom is 0.335 e. The lowest BCUT2D eigenvalue weighted by atomic mass is 10.0. The Bertz CT molecular complexity index is 1060. The van der Waals surface area contributed by atoms with Crippen LogP contribution in [0.15, 0.2) is 42.5 Å². The van der Waals surface area contributed by atoms with E-state index in [1.807, 2.05) is 0 Å². The summed E-state index contributed by atoms with van der Waals surface area (Å²) in [6, 6.07) is 9.72. The summed E-state index contributed by atoms with van der Waals surface area (Å²) in [7, 11) is 1.65. The summed E-state index contributed by atoms with van der Waals surface area (Å²) in [4.78, 5) is 23.8. The molecule has 3 rings (SSSR count). The maximum atomic E-state index is 14.3. The lowest BCUT2D eigenvalue weighted by Crippen LogP contribution is -2.11. The molecule has 0 saturated carbocycles. The second-order valence-corrected chi connectivity index (χ2v) is 6.90. The van der Waals surface area contributed by atoms with Crippen LogP contribution in [0.3, 0.4) is 0 Å². The lowest BCUT2D eigenvalue weighted by Gasteiger charge is -2.10. The molecule has 0 unspecified atom stereocenters. The van der Waals surface area contributed by atoms with E-state index in [1.165, 1.54) is 0 Å². The van der Waals surface area contributed by atoms with Crippen molar-refractivity contribution in [2.45, 2.75) is 13.3 Å². The van der Waals surface area contributed by atoms with Crippen LogP contribution in [0.5, 0.6) is 0 Å². The fraction of sp³-hybridized carbons (Fsp3) is 0.143. The zero-order valence-corrected chi connectivity index (χ0v) is 15.8. The molecule has 1 aromatic heterocycles. The number of halogens is 3. The molecule has 0 spiro atoms. The molecule has 0 amide bonds. The number of carboxylic acids is 1. The SMILES string of the molecule is Cc1cc(Cc2c(F)cc(C(=O)O)cc2F)n(C)c1C(=O)c1ccc(Cl)cc1. The standard InChI is InChI=1S/C21H16ClF2NO3/c1-11-7-15(10-16-17(23)8-13(21(27)28)9-18(16)24)25(2)19(11)20(26)12-3-5-14(22)6-4-12/h3-9H,10H2,1-2H3,(H,27,28). The van der Waals surface area contributed by atoms with Crippen LogP contribution in [0, 0.1) is 18.6 Å². The normalized spacial score (nSPS) is 10.9. The average Bonchev–Trinajstić information content (AvgIpc) is 2.91. The van der Waals surface area contributed by atoms with E-state index in [2.05, 4.69) is 0 Å². The first-order chi connectivity index (χ1) is 13.2. The molecular formula is C21H16ClF2NO3. The number of aromatic carboxylic acids is 1. The van der Waals surface area contributed by atoms with Gasteiger partial charge >= 0.3 is 5.97 Å². The largest absolute Gasteiger partial charge is 0.478 e. The van der Waals surface area contributed by atoms with Gasteiger partial charge in [-0.3, -0.25) is 4.79 Å². The molecule has 0 aliphatic carbocycles. The van der Waals surface area contributed by atoms with Gasteiger partial charge < -0.3 is 9.67 Å². The molecule has 0 bridgehead atoms. The van der Waals surface area contributed by atoms with Crippen molar-refractivity contribution in [3.8, 4) is 0 Å². The molecule has 144 valence electrons. The molecule has 0 radical (unpaired) electrons. The summed E-state index contributed by atoms with van der Waals surface area (Å²) >= 11 is 5.86. The molecular weight excluding hydrogens is 388 g/mol. The quantitative estimate of drug-likeness (QED) is 0.623. The topological polar surface area (TPSA) is 59.3 Å². The Morgan fingerprint density at radius 2 is 1.61 bits per heavy atom. The van der Waals surface area contributed by atoms with Gasteiger partial charge in [0.2, 0.25) is 5.78 Å². The van der Waals surface area contributed by atoms with Crippen molar-refractivity contribution in [2.75, 3.05) is 0 Å². The zero-order chi connectivity index (χ0) is 20.6. The molecule has 7 heteroatoms. The monoisotopic (exact) mass is 403 g/mol. The van der Waals surface area contributed by atoms with Crippen LogP contribution in [0.2, 0.25) is 5.02 Å². The Labute approximate surface area is 165 Å². The van der Waals surface area contributed by atoms with E-state index in [0.29, 0.717) is 27.5 Å². The summed E-state index contributed by atoms with van der Waals surface area (Å²) in [6.45, 7) is 1.74. The van der Waals surface area contributed by atoms with Crippen molar-refractivity contribution in [1.29, 1.82) is 0 Å². The number of aryl methyl sites for hydroxylation is 1. The number of nitrogens with zero attached hydrogens (tertiary/aromatic N) is 1. The van der Waals surface area contributed by atoms with E-state index in [1.54, 1.807) is 48.9 Å². The van der Waals surface area contributed by atoms with Gasteiger partial charge in [0.05, 0.1) is 11.3 Å². The van der Waals surface area contributed by atoms with Crippen LogP contribution in [0.1, 0.15) is 43.2 Å². The second kappa shape index (κ2) is 7.56. The van der Waals surface area contributed by atoms with Crippen LogP contribution >= 0.6 is 11.6 Å². The average molecular weight is 404 g/mol.